The Morgan fingerprint density at radius 1 is 1.28 bits per heavy atom. The number of benzene rings is 1. The summed E-state index contributed by atoms with van der Waals surface area (Å²) in [7, 11) is -3.98. The lowest BCUT2D eigenvalue weighted by Crippen LogP contribution is -2.55. The van der Waals surface area contributed by atoms with E-state index in [-0.39, 0.29) is 50.0 Å². The Bertz CT molecular complexity index is 898. The molecule has 1 aromatic heterocycles. The third-order valence-corrected chi connectivity index (χ3v) is 7.19. The average molecular weight is 474 g/mol. The highest BCUT2D eigenvalue weighted by Gasteiger charge is 2.47. The van der Waals surface area contributed by atoms with Crippen LogP contribution in [-0.2, 0) is 22.2 Å². The number of aromatic nitrogens is 3. The number of rotatable bonds is 6. The molecule has 13 heteroatoms. The predicted octanol–water partition coefficient (Wildman–Crippen LogP) is 0.911. The molecule has 0 spiro atoms. The second-order valence-electron chi connectivity index (χ2n) is 6.48. The van der Waals surface area contributed by atoms with E-state index in [4.69, 9.17) is 0 Å². The number of nitrogens with zero attached hydrogens (tertiary/aromatic N) is 4. The lowest BCUT2D eigenvalue weighted by Gasteiger charge is -2.38. The summed E-state index contributed by atoms with van der Waals surface area (Å²) >= 11 is 0. The molecule has 2 atom stereocenters. The maximum absolute atomic E-state index is 14.5. The summed E-state index contributed by atoms with van der Waals surface area (Å²) in [6, 6.07) is 2.66. The number of aliphatic hydroxyl groups is 1. The van der Waals surface area contributed by atoms with Crippen molar-refractivity contribution in [3.63, 3.8) is 0 Å². The molecule has 0 aliphatic carbocycles. The molecular weight excluding hydrogens is 451 g/mol. The zero-order valence-corrected chi connectivity index (χ0v) is 18.0. The predicted molar refractivity (Wildman–Crippen MR) is 108 cm³/mol. The van der Waals surface area contributed by atoms with E-state index < -0.39 is 32.5 Å². The van der Waals surface area contributed by atoms with Gasteiger partial charge in [-0.2, -0.15) is 9.40 Å². The van der Waals surface area contributed by atoms with Gasteiger partial charge >= 0.3 is 0 Å². The van der Waals surface area contributed by atoms with Crippen molar-refractivity contribution in [2.45, 2.75) is 24.3 Å². The second-order valence-corrected chi connectivity index (χ2v) is 8.73. The second kappa shape index (κ2) is 10.1. The number of nitrogens with one attached hydrogen (secondary N) is 1. The van der Waals surface area contributed by atoms with Gasteiger partial charge in [-0.3, -0.25) is 0 Å². The third kappa shape index (κ3) is 5.22. The molecule has 0 saturated carbocycles. The highest BCUT2D eigenvalue weighted by atomic mass is 35.5. The van der Waals surface area contributed by atoms with E-state index in [2.05, 4.69) is 15.4 Å². The molecule has 8 nitrogen and oxygen atoms in total. The van der Waals surface area contributed by atoms with Crippen LogP contribution >= 0.6 is 24.8 Å². The molecule has 29 heavy (non-hydrogen) atoms. The molecule has 0 amide bonds. The maximum Gasteiger partial charge on any atom is 0.220 e. The summed E-state index contributed by atoms with van der Waals surface area (Å²) in [4.78, 5) is 3.77. The van der Waals surface area contributed by atoms with Crippen LogP contribution in [-0.4, -0.2) is 64.0 Å². The molecule has 1 aliphatic heterocycles. The Balaban J connectivity index is 0.00000210. The van der Waals surface area contributed by atoms with E-state index in [0.29, 0.717) is 19.2 Å². The fourth-order valence-corrected chi connectivity index (χ4v) is 5.04. The van der Waals surface area contributed by atoms with Gasteiger partial charge in [0.05, 0.1) is 6.54 Å². The van der Waals surface area contributed by atoms with E-state index in [0.717, 1.165) is 12.1 Å². The molecular formula is C16H23Cl2F2N5O3S. The molecule has 1 aliphatic rings. The smallest absolute Gasteiger partial charge is 0.220 e. The molecule has 0 bridgehead atoms. The molecule has 0 radical (unpaired) electrons. The van der Waals surface area contributed by atoms with Crippen LogP contribution < -0.4 is 5.32 Å². The highest BCUT2D eigenvalue weighted by Crippen LogP contribution is 2.34. The minimum Gasteiger partial charge on any atom is -0.382 e. The average Bonchev–Trinajstić information content (AvgIpc) is 3.14. The van der Waals surface area contributed by atoms with Crippen LogP contribution in [0.5, 0.6) is 0 Å². The monoisotopic (exact) mass is 473 g/mol. The maximum atomic E-state index is 14.5. The Morgan fingerprint density at radius 2 is 1.93 bits per heavy atom. The Labute approximate surface area is 180 Å². The fraction of sp³-hybridized carbons (Fsp3) is 0.500. The van der Waals surface area contributed by atoms with Gasteiger partial charge in [0, 0.05) is 37.8 Å². The molecule has 2 heterocycles. The first-order valence-corrected chi connectivity index (χ1v) is 9.95. The first-order valence-electron chi connectivity index (χ1n) is 8.45. The van der Waals surface area contributed by atoms with Crippen LogP contribution in [0.25, 0.3) is 0 Å². The number of sulfonamides is 1. The lowest BCUT2D eigenvalue weighted by atomic mass is 9.90. The van der Waals surface area contributed by atoms with Crippen molar-refractivity contribution < 1.29 is 22.3 Å². The van der Waals surface area contributed by atoms with Crippen molar-refractivity contribution in [1.29, 1.82) is 0 Å². The van der Waals surface area contributed by atoms with Gasteiger partial charge in [-0.05, 0) is 13.0 Å². The molecule has 164 valence electrons. The Morgan fingerprint density at radius 3 is 2.48 bits per heavy atom. The molecule has 2 N–H and O–H groups in total. The number of hydrogen-bond donors (Lipinski definition) is 2. The van der Waals surface area contributed by atoms with Crippen molar-refractivity contribution in [2.24, 2.45) is 0 Å². The van der Waals surface area contributed by atoms with Crippen molar-refractivity contribution in [3.8, 4) is 0 Å². The van der Waals surface area contributed by atoms with Crippen LogP contribution in [0.15, 0.2) is 30.9 Å². The summed E-state index contributed by atoms with van der Waals surface area (Å²) in [5.74, 6) is -1.85. The topological polar surface area (TPSA) is 100 Å². The van der Waals surface area contributed by atoms with Crippen LogP contribution in [0, 0.1) is 11.6 Å². The van der Waals surface area contributed by atoms with Gasteiger partial charge in [0.15, 0.2) is 0 Å². The SMILES string of the molecule is C[C@H]([C@](O)(Cn1cncn1)c1ccc(F)cc1F)S(=O)(=O)N1CCNCC1.Cl.Cl. The molecule has 0 unspecified atom stereocenters. The quantitative estimate of drug-likeness (QED) is 0.646. The number of piperazine rings is 1. The van der Waals surface area contributed by atoms with Crippen molar-refractivity contribution >= 4 is 34.8 Å². The first kappa shape index (κ1) is 25.7. The first-order chi connectivity index (χ1) is 12.7. The summed E-state index contributed by atoms with van der Waals surface area (Å²) in [6.07, 6.45) is 2.51. The normalized spacial score (nSPS) is 18.2. The summed E-state index contributed by atoms with van der Waals surface area (Å²) in [5.41, 5.74) is -2.50. The van der Waals surface area contributed by atoms with Gasteiger partial charge in [0.2, 0.25) is 10.0 Å². The molecule has 1 aromatic carbocycles. The van der Waals surface area contributed by atoms with E-state index in [1.807, 2.05) is 0 Å². The van der Waals surface area contributed by atoms with Gasteiger partial charge in [-0.1, -0.05) is 6.07 Å². The lowest BCUT2D eigenvalue weighted by molar-refractivity contribution is 0.00948. The molecule has 1 fully saturated rings. The van der Waals surface area contributed by atoms with Crippen molar-refractivity contribution in [3.05, 3.63) is 48.1 Å². The fourth-order valence-electron chi connectivity index (χ4n) is 3.20. The molecule has 2 aromatic rings. The van der Waals surface area contributed by atoms with Gasteiger partial charge in [-0.25, -0.2) is 26.9 Å². The van der Waals surface area contributed by atoms with Crippen LogP contribution in [0.3, 0.4) is 0 Å². The van der Waals surface area contributed by atoms with E-state index in [1.165, 1.54) is 28.6 Å². The highest BCUT2D eigenvalue weighted by molar-refractivity contribution is 7.89. The standard InChI is InChI=1S/C16H21F2N5O3S.2ClH/c1-12(27(25,26)23-6-4-19-5-7-23)16(24,9-22-11-20-10-21-22)14-3-2-13(17)8-15(14)18;;/h2-3,8,10-12,19,24H,4-7,9H2,1H3;2*1H/t12-,16-;;/m1../s1. The zero-order valence-electron chi connectivity index (χ0n) is 15.5. The third-order valence-electron chi connectivity index (χ3n) is 4.82. The largest absolute Gasteiger partial charge is 0.382 e. The minimum atomic E-state index is -3.98. The van der Waals surface area contributed by atoms with Crippen molar-refractivity contribution in [1.82, 2.24) is 24.4 Å². The zero-order chi connectivity index (χ0) is 19.7. The van der Waals surface area contributed by atoms with E-state index in [1.54, 1.807) is 0 Å². The van der Waals surface area contributed by atoms with Gasteiger partial charge < -0.3 is 10.4 Å². The number of hydrogen-bond acceptors (Lipinski definition) is 6. The summed E-state index contributed by atoms with van der Waals surface area (Å²) < 4.78 is 56.6. The van der Waals surface area contributed by atoms with E-state index >= 15 is 0 Å². The number of halogens is 4. The van der Waals surface area contributed by atoms with Crippen LogP contribution in [0.2, 0.25) is 0 Å². The van der Waals surface area contributed by atoms with Crippen molar-refractivity contribution in [2.75, 3.05) is 26.2 Å². The van der Waals surface area contributed by atoms with Gasteiger partial charge in [0.1, 0.15) is 35.1 Å². The summed E-state index contributed by atoms with van der Waals surface area (Å²) in [5, 5.41) is 16.9. The molecule has 3 rings (SSSR count). The van der Waals surface area contributed by atoms with Gasteiger partial charge in [0.25, 0.3) is 0 Å². The van der Waals surface area contributed by atoms with E-state index in [9.17, 15) is 22.3 Å². The Kier molecular flexibility index (Phi) is 8.93. The van der Waals surface area contributed by atoms with Gasteiger partial charge in [-0.15, -0.1) is 24.8 Å². The minimum absolute atomic E-state index is 0. The van der Waals surface area contributed by atoms with Crippen LogP contribution in [0.1, 0.15) is 12.5 Å². The Hall–Kier alpha value is -1.37. The molecule has 1 saturated heterocycles. The van der Waals surface area contributed by atoms with Crippen LogP contribution in [0.4, 0.5) is 8.78 Å². The summed E-state index contributed by atoms with van der Waals surface area (Å²) in [6.45, 7) is 2.42.